The SMILES string of the molecule is Fc1ccc(-c2cn3ccc(CCl)cc3n2)cc1. The molecule has 0 amide bonds. The van der Waals surface area contributed by atoms with Crippen molar-refractivity contribution < 1.29 is 4.39 Å². The number of pyridine rings is 1. The van der Waals surface area contributed by atoms with Crippen LogP contribution in [0.5, 0.6) is 0 Å². The number of hydrogen-bond acceptors (Lipinski definition) is 1. The number of halogens is 2. The summed E-state index contributed by atoms with van der Waals surface area (Å²) in [6.07, 6.45) is 3.84. The van der Waals surface area contributed by atoms with Crippen molar-refractivity contribution in [1.29, 1.82) is 0 Å². The minimum absolute atomic E-state index is 0.244. The molecule has 0 atom stereocenters. The van der Waals surface area contributed by atoms with Crippen molar-refractivity contribution in [3.05, 3.63) is 60.2 Å². The summed E-state index contributed by atoms with van der Waals surface area (Å²) in [5.41, 5.74) is 3.59. The smallest absolute Gasteiger partial charge is 0.137 e. The maximum Gasteiger partial charge on any atom is 0.137 e. The van der Waals surface area contributed by atoms with Gasteiger partial charge in [-0.1, -0.05) is 0 Å². The summed E-state index contributed by atoms with van der Waals surface area (Å²) in [4.78, 5) is 4.50. The normalized spacial score (nSPS) is 11.0. The minimum Gasteiger partial charge on any atom is -0.306 e. The topological polar surface area (TPSA) is 17.3 Å². The molecule has 4 heteroatoms. The second-order valence-corrected chi connectivity index (χ2v) is 4.33. The van der Waals surface area contributed by atoms with E-state index in [4.69, 9.17) is 11.6 Å². The molecule has 0 aliphatic carbocycles. The van der Waals surface area contributed by atoms with E-state index in [1.54, 1.807) is 12.1 Å². The average Bonchev–Trinajstić information content (AvgIpc) is 2.82. The first-order chi connectivity index (χ1) is 8.76. The molecule has 0 radical (unpaired) electrons. The van der Waals surface area contributed by atoms with Crippen molar-refractivity contribution in [2.24, 2.45) is 0 Å². The van der Waals surface area contributed by atoms with Crippen LogP contribution in [0.25, 0.3) is 16.9 Å². The number of fused-ring (bicyclic) bond motifs is 1. The van der Waals surface area contributed by atoms with Crippen molar-refractivity contribution in [2.75, 3.05) is 0 Å². The molecule has 0 aliphatic heterocycles. The lowest BCUT2D eigenvalue weighted by molar-refractivity contribution is 0.628. The van der Waals surface area contributed by atoms with Gasteiger partial charge >= 0.3 is 0 Å². The summed E-state index contributed by atoms with van der Waals surface area (Å²) in [7, 11) is 0. The molecule has 3 aromatic rings. The highest BCUT2D eigenvalue weighted by Gasteiger charge is 2.05. The molecule has 0 saturated carbocycles. The van der Waals surface area contributed by atoms with Crippen molar-refractivity contribution >= 4 is 17.2 Å². The molecule has 0 saturated heterocycles. The molecule has 1 aromatic carbocycles. The molecule has 2 nitrogen and oxygen atoms in total. The molecule has 2 aromatic heterocycles. The van der Waals surface area contributed by atoms with Gasteiger partial charge in [-0.3, -0.25) is 0 Å². The molecular weight excluding hydrogens is 251 g/mol. The van der Waals surface area contributed by atoms with Gasteiger partial charge in [-0.05, 0) is 42.0 Å². The van der Waals surface area contributed by atoms with Crippen LogP contribution in [-0.2, 0) is 5.88 Å². The first kappa shape index (κ1) is 11.2. The summed E-state index contributed by atoms with van der Waals surface area (Å²) in [6, 6.07) is 10.2. The molecule has 3 rings (SSSR count). The first-order valence-electron chi connectivity index (χ1n) is 5.56. The predicted molar refractivity (Wildman–Crippen MR) is 70.1 cm³/mol. The molecule has 90 valence electrons. The maximum atomic E-state index is 12.9. The van der Waals surface area contributed by atoms with E-state index in [2.05, 4.69) is 4.98 Å². The molecule has 0 bridgehead atoms. The fourth-order valence-corrected chi connectivity index (χ4v) is 2.03. The largest absolute Gasteiger partial charge is 0.306 e. The Morgan fingerprint density at radius 2 is 1.94 bits per heavy atom. The van der Waals surface area contributed by atoms with Crippen LogP contribution >= 0.6 is 11.6 Å². The Morgan fingerprint density at radius 1 is 1.17 bits per heavy atom. The highest BCUT2D eigenvalue weighted by atomic mass is 35.5. The van der Waals surface area contributed by atoms with Crippen LogP contribution in [0.15, 0.2) is 48.8 Å². The van der Waals surface area contributed by atoms with E-state index >= 15 is 0 Å². The van der Waals surface area contributed by atoms with E-state index in [1.807, 2.05) is 28.9 Å². The molecule has 0 N–H and O–H groups in total. The van der Waals surface area contributed by atoms with Gasteiger partial charge < -0.3 is 4.40 Å². The van der Waals surface area contributed by atoms with Crippen molar-refractivity contribution in [3.63, 3.8) is 0 Å². The second kappa shape index (κ2) is 4.42. The third-order valence-electron chi connectivity index (χ3n) is 2.82. The molecule has 0 aliphatic rings. The highest BCUT2D eigenvalue weighted by Crippen LogP contribution is 2.20. The number of nitrogens with zero attached hydrogens (tertiary/aromatic N) is 2. The number of rotatable bonds is 2. The van der Waals surface area contributed by atoms with Crippen molar-refractivity contribution in [2.45, 2.75) is 5.88 Å². The average molecular weight is 261 g/mol. The quantitative estimate of drug-likeness (QED) is 0.639. The maximum absolute atomic E-state index is 12.9. The number of alkyl halides is 1. The molecule has 0 fully saturated rings. The molecule has 0 spiro atoms. The van der Waals surface area contributed by atoms with E-state index in [1.165, 1.54) is 12.1 Å². The fraction of sp³-hybridized carbons (Fsp3) is 0.0714. The Labute approximate surface area is 109 Å². The van der Waals surface area contributed by atoms with Crippen LogP contribution < -0.4 is 0 Å². The monoisotopic (exact) mass is 260 g/mol. The fourth-order valence-electron chi connectivity index (χ4n) is 1.87. The first-order valence-corrected chi connectivity index (χ1v) is 6.09. The van der Waals surface area contributed by atoms with Gasteiger partial charge in [-0.15, -0.1) is 11.6 Å². The number of aromatic nitrogens is 2. The predicted octanol–water partition coefficient (Wildman–Crippen LogP) is 3.88. The van der Waals surface area contributed by atoms with E-state index < -0.39 is 0 Å². The number of hydrogen-bond donors (Lipinski definition) is 0. The van der Waals surface area contributed by atoms with Gasteiger partial charge in [0.2, 0.25) is 0 Å². The van der Waals surface area contributed by atoms with Crippen LogP contribution in [0.4, 0.5) is 4.39 Å². The van der Waals surface area contributed by atoms with Crippen LogP contribution in [0.2, 0.25) is 0 Å². The summed E-state index contributed by atoms with van der Waals surface area (Å²) >= 11 is 5.79. The lowest BCUT2D eigenvalue weighted by atomic mass is 10.2. The highest BCUT2D eigenvalue weighted by molar-refractivity contribution is 6.17. The van der Waals surface area contributed by atoms with Gasteiger partial charge in [-0.25, -0.2) is 9.37 Å². The lowest BCUT2D eigenvalue weighted by Gasteiger charge is -1.95. The Morgan fingerprint density at radius 3 is 2.67 bits per heavy atom. The zero-order valence-electron chi connectivity index (χ0n) is 9.48. The summed E-state index contributed by atoms with van der Waals surface area (Å²) in [6.45, 7) is 0. The Balaban J connectivity index is 2.10. The van der Waals surface area contributed by atoms with E-state index in [0.717, 1.165) is 22.5 Å². The number of imidazole rings is 1. The zero-order valence-corrected chi connectivity index (χ0v) is 10.2. The zero-order chi connectivity index (χ0) is 12.5. The molecule has 18 heavy (non-hydrogen) atoms. The Kier molecular flexibility index (Phi) is 2.76. The van der Waals surface area contributed by atoms with E-state index in [9.17, 15) is 4.39 Å². The standard InChI is InChI=1S/C14H10ClFN2/c15-8-10-5-6-18-9-13(17-14(18)7-10)11-1-3-12(16)4-2-11/h1-7,9H,8H2. The summed E-state index contributed by atoms with van der Waals surface area (Å²) in [5, 5.41) is 0. The van der Waals surface area contributed by atoms with E-state index in [0.29, 0.717) is 5.88 Å². The van der Waals surface area contributed by atoms with Gasteiger partial charge in [0.1, 0.15) is 11.5 Å². The molecule has 2 heterocycles. The second-order valence-electron chi connectivity index (χ2n) is 4.07. The third-order valence-corrected chi connectivity index (χ3v) is 3.13. The molecule has 0 unspecified atom stereocenters. The van der Waals surface area contributed by atoms with Crippen molar-refractivity contribution in [3.8, 4) is 11.3 Å². The summed E-state index contributed by atoms with van der Waals surface area (Å²) < 4.78 is 14.8. The van der Waals surface area contributed by atoms with E-state index in [-0.39, 0.29) is 5.82 Å². The van der Waals surface area contributed by atoms with Gasteiger partial charge in [-0.2, -0.15) is 0 Å². The van der Waals surface area contributed by atoms with Crippen LogP contribution in [0, 0.1) is 5.82 Å². The Hall–Kier alpha value is -1.87. The number of benzene rings is 1. The van der Waals surface area contributed by atoms with Crippen LogP contribution in [0.3, 0.4) is 0 Å². The van der Waals surface area contributed by atoms with Crippen LogP contribution in [-0.4, -0.2) is 9.38 Å². The van der Waals surface area contributed by atoms with Gasteiger partial charge in [0.25, 0.3) is 0 Å². The van der Waals surface area contributed by atoms with Gasteiger partial charge in [0.15, 0.2) is 0 Å². The molecular formula is C14H10ClFN2. The Bertz CT molecular complexity index is 689. The third kappa shape index (κ3) is 1.97. The van der Waals surface area contributed by atoms with Crippen molar-refractivity contribution in [1.82, 2.24) is 9.38 Å². The van der Waals surface area contributed by atoms with Crippen LogP contribution in [0.1, 0.15) is 5.56 Å². The lowest BCUT2D eigenvalue weighted by Crippen LogP contribution is -1.84. The minimum atomic E-state index is -0.244. The van der Waals surface area contributed by atoms with Gasteiger partial charge in [0, 0.05) is 23.8 Å². The summed E-state index contributed by atoms with van der Waals surface area (Å²) in [5.74, 6) is 0.224. The van der Waals surface area contributed by atoms with Gasteiger partial charge in [0.05, 0.1) is 5.69 Å².